The van der Waals surface area contributed by atoms with Crippen LogP contribution >= 0.6 is 0 Å². The quantitative estimate of drug-likeness (QED) is 0.504. The molecule has 31 heavy (non-hydrogen) atoms. The molecule has 0 bridgehead atoms. The summed E-state index contributed by atoms with van der Waals surface area (Å²) in [5.74, 6) is 3.14. The third kappa shape index (κ3) is 4.68. The van der Waals surface area contributed by atoms with Crippen molar-refractivity contribution in [2.75, 3.05) is 19.1 Å². The Labute approximate surface area is 183 Å². The van der Waals surface area contributed by atoms with Crippen LogP contribution in [0.25, 0.3) is 5.65 Å². The van der Waals surface area contributed by atoms with Gasteiger partial charge in [-0.05, 0) is 49.1 Å². The molecule has 6 nitrogen and oxygen atoms in total. The van der Waals surface area contributed by atoms with Crippen LogP contribution < -0.4 is 14.4 Å². The first-order chi connectivity index (χ1) is 15.1. The molecule has 6 heteroatoms. The van der Waals surface area contributed by atoms with E-state index in [2.05, 4.69) is 0 Å². The van der Waals surface area contributed by atoms with Crippen molar-refractivity contribution in [3.63, 3.8) is 0 Å². The molecule has 3 aromatic rings. The highest BCUT2D eigenvalue weighted by Gasteiger charge is 2.22. The number of anilines is 1. The van der Waals surface area contributed by atoms with Gasteiger partial charge in [0.15, 0.2) is 11.4 Å². The van der Waals surface area contributed by atoms with E-state index in [0.717, 1.165) is 29.2 Å². The van der Waals surface area contributed by atoms with Gasteiger partial charge in [-0.15, -0.1) is 0 Å². The van der Waals surface area contributed by atoms with Crippen LogP contribution in [0.15, 0.2) is 42.6 Å². The minimum atomic E-state index is 0.138. The van der Waals surface area contributed by atoms with Gasteiger partial charge < -0.3 is 9.47 Å². The molecule has 0 atom stereocenters. The normalized spacial score (nSPS) is 14.2. The molecular weight excluding hydrogens is 390 g/mol. The van der Waals surface area contributed by atoms with Crippen molar-refractivity contribution in [2.45, 2.75) is 52.1 Å². The maximum Gasteiger partial charge on any atom is 0.227 e. The average Bonchev–Trinajstić information content (AvgIpc) is 3.42. The lowest BCUT2D eigenvalue weighted by atomic mass is 10.0. The predicted octanol–water partition coefficient (Wildman–Crippen LogP) is 5.16. The van der Waals surface area contributed by atoms with Crippen LogP contribution in [0.2, 0.25) is 0 Å². The number of nitrogens with zero attached hydrogens (tertiary/aromatic N) is 3. The number of aromatic nitrogens is 2. The number of benzene rings is 1. The van der Waals surface area contributed by atoms with E-state index in [9.17, 15) is 4.79 Å². The molecule has 2 heterocycles. The van der Waals surface area contributed by atoms with Crippen LogP contribution in [0.4, 0.5) is 5.82 Å². The zero-order valence-electron chi connectivity index (χ0n) is 18.6. The molecule has 0 spiro atoms. The Balaban J connectivity index is 1.51. The van der Waals surface area contributed by atoms with E-state index in [1.807, 2.05) is 61.0 Å². The molecule has 2 aromatic heterocycles. The molecule has 1 aliphatic rings. The van der Waals surface area contributed by atoms with Crippen molar-refractivity contribution >= 4 is 17.4 Å². The first-order valence-electron chi connectivity index (χ1n) is 11.1. The van der Waals surface area contributed by atoms with Gasteiger partial charge in [0.1, 0.15) is 18.2 Å². The lowest BCUT2D eigenvalue weighted by Crippen LogP contribution is -2.28. The van der Waals surface area contributed by atoms with Crippen LogP contribution in [0, 0.1) is 12.8 Å². The van der Waals surface area contributed by atoms with Crippen molar-refractivity contribution in [3.05, 3.63) is 53.9 Å². The monoisotopic (exact) mass is 421 g/mol. The largest absolute Gasteiger partial charge is 0.497 e. The van der Waals surface area contributed by atoms with Gasteiger partial charge in [-0.25, -0.2) is 4.98 Å². The topological polar surface area (TPSA) is 56.1 Å². The summed E-state index contributed by atoms with van der Waals surface area (Å²) in [6.45, 7) is 2.35. The SMILES string of the molecule is COc1cccc(COc2cccn3c(N(C)C(=O)CCC4CCCC4)c(C)nc23)c1. The summed E-state index contributed by atoms with van der Waals surface area (Å²) in [5, 5.41) is 0. The van der Waals surface area contributed by atoms with Gasteiger partial charge in [0, 0.05) is 19.7 Å². The minimum absolute atomic E-state index is 0.138. The number of imidazole rings is 1. The molecule has 1 saturated carbocycles. The summed E-state index contributed by atoms with van der Waals surface area (Å²) in [5.41, 5.74) is 2.55. The van der Waals surface area contributed by atoms with E-state index in [-0.39, 0.29) is 5.91 Å². The van der Waals surface area contributed by atoms with E-state index in [0.29, 0.717) is 30.3 Å². The van der Waals surface area contributed by atoms with Gasteiger partial charge in [0.25, 0.3) is 0 Å². The Morgan fingerprint density at radius 3 is 2.81 bits per heavy atom. The Kier molecular flexibility index (Phi) is 6.44. The fourth-order valence-corrected chi connectivity index (χ4v) is 4.50. The Hall–Kier alpha value is -3.02. The number of ether oxygens (including phenoxy) is 2. The maximum absolute atomic E-state index is 12.9. The molecule has 0 saturated heterocycles. The molecule has 0 N–H and O–H groups in total. The first kappa shape index (κ1) is 21.2. The summed E-state index contributed by atoms with van der Waals surface area (Å²) in [6.07, 6.45) is 8.63. The molecular formula is C25H31N3O3. The number of aryl methyl sites for hydroxylation is 1. The summed E-state index contributed by atoms with van der Waals surface area (Å²) >= 11 is 0. The second-order valence-electron chi connectivity index (χ2n) is 8.37. The Morgan fingerprint density at radius 1 is 1.23 bits per heavy atom. The molecule has 1 amide bonds. The summed E-state index contributed by atoms with van der Waals surface area (Å²) in [6, 6.07) is 11.7. The van der Waals surface area contributed by atoms with Crippen LogP contribution in [0.1, 0.15) is 49.8 Å². The molecule has 0 unspecified atom stereocenters. The number of methoxy groups -OCH3 is 1. The van der Waals surface area contributed by atoms with E-state index >= 15 is 0 Å². The number of amides is 1. The van der Waals surface area contributed by atoms with Crippen molar-refractivity contribution in [1.82, 2.24) is 9.38 Å². The number of hydrogen-bond donors (Lipinski definition) is 0. The lowest BCUT2D eigenvalue weighted by molar-refractivity contribution is -0.118. The van der Waals surface area contributed by atoms with E-state index in [1.165, 1.54) is 25.7 Å². The van der Waals surface area contributed by atoms with Gasteiger partial charge in [-0.2, -0.15) is 0 Å². The molecule has 1 aliphatic carbocycles. The summed E-state index contributed by atoms with van der Waals surface area (Å²) < 4.78 is 13.3. The fourth-order valence-electron chi connectivity index (χ4n) is 4.50. The van der Waals surface area contributed by atoms with Gasteiger partial charge >= 0.3 is 0 Å². The van der Waals surface area contributed by atoms with Crippen molar-refractivity contribution in [2.24, 2.45) is 5.92 Å². The zero-order valence-corrected chi connectivity index (χ0v) is 18.6. The van der Waals surface area contributed by atoms with Gasteiger partial charge in [0.05, 0.1) is 12.8 Å². The Morgan fingerprint density at radius 2 is 2.03 bits per heavy atom. The molecule has 0 radical (unpaired) electrons. The van der Waals surface area contributed by atoms with Crippen LogP contribution in [0.3, 0.4) is 0 Å². The zero-order chi connectivity index (χ0) is 21.8. The number of hydrogen-bond acceptors (Lipinski definition) is 4. The van der Waals surface area contributed by atoms with Crippen LogP contribution in [-0.2, 0) is 11.4 Å². The lowest BCUT2D eigenvalue weighted by Gasteiger charge is -2.19. The van der Waals surface area contributed by atoms with Crippen LogP contribution in [0.5, 0.6) is 11.5 Å². The number of fused-ring (bicyclic) bond motifs is 1. The molecule has 164 valence electrons. The fraction of sp³-hybridized carbons (Fsp3) is 0.440. The third-order valence-corrected chi connectivity index (χ3v) is 6.22. The van der Waals surface area contributed by atoms with Gasteiger partial charge in [-0.1, -0.05) is 37.8 Å². The van der Waals surface area contributed by atoms with Crippen molar-refractivity contribution in [1.29, 1.82) is 0 Å². The highest BCUT2D eigenvalue weighted by Crippen LogP contribution is 2.31. The molecule has 1 fully saturated rings. The van der Waals surface area contributed by atoms with Gasteiger partial charge in [0.2, 0.25) is 5.91 Å². The Bertz CT molecular complexity index is 1050. The third-order valence-electron chi connectivity index (χ3n) is 6.22. The van der Waals surface area contributed by atoms with Crippen LogP contribution in [-0.4, -0.2) is 29.4 Å². The summed E-state index contributed by atoms with van der Waals surface area (Å²) in [7, 11) is 3.50. The molecule has 0 aliphatic heterocycles. The summed E-state index contributed by atoms with van der Waals surface area (Å²) in [4.78, 5) is 19.4. The molecule has 4 rings (SSSR count). The number of carbonyl (C=O) groups is 1. The highest BCUT2D eigenvalue weighted by atomic mass is 16.5. The second-order valence-corrected chi connectivity index (χ2v) is 8.37. The average molecular weight is 422 g/mol. The second kappa shape index (κ2) is 9.41. The van der Waals surface area contributed by atoms with Crippen molar-refractivity contribution in [3.8, 4) is 11.5 Å². The minimum Gasteiger partial charge on any atom is -0.497 e. The molecule has 1 aromatic carbocycles. The van der Waals surface area contributed by atoms with Gasteiger partial charge in [-0.3, -0.25) is 14.1 Å². The van der Waals surface area contributed by atoms with E-state index in [4.69, 9.17) is 14.5 Å². The van der Waals surface area contributed by atoms with E-state index in [1.54, 1.807) is 12.0 Å². The number of carbonyl (C=O) groups excluding carboxylic acids is 1. The maximum atomic E-state index is 12.9. The standard InChI is InChI=1S/C25H31N3O3/c1-18-25(27(2)23(29)14-13-19-8-4-5-9-19)28-15-7-12-22(24(28)26-18)31-17-20-10-6-11-21(16-20)30-3/h6-7,10-12,15-16,19H,4-5,8-9,13-14,17H2,1-3H3. The smallest absolute Gasteiger partial charge is 0.227 e. The predicted molar refractivity (Wildman–Crippen MR) is 122 cm³/mol. The number of rotatable bonds is 8. The van der Waals surface area contributed by atoms with E-state index < -0.39 is 0 Å². The van der Waals surface area contributed by atoms with Crippen molar-refractivity contribution < 1.29 is 14.3 Å². The first-order valence-corrected chi connectivity index (χ1v) is 11.1. The number of pyridine rings is 1. The highest BCUT2D eigenvalue weighted by molar-refractivity contribution is 5.93.